The van der Waals surface area contributed by atoms with E-state index in [2.05, 4.69) is 5.32 Å². The fraction of sp³-hybridized carbons (Fsp3) is 0.0833. The van der Waals surface area contributed by atoms with Gasteiger partial charge in [0.05, 0.1) is 5.56 Å². The molecule has 1 aromatic carbocycles. The number of hydrogen-bond donors (Lipinski definition) is 2. The van der Waals surface area contributed by atoms with Crippen LogP contribution in [0.3, 0.4) is 0 Å². The van der Waals surface area contributed by atoms with Gasteiger partial charge in [-0.2, -0.15) is 13.2 Å². The van der Waals surface area contributed by atoms with E-state index in [-0.39, 0.29) is 5.56 Å². The van der Waals surface area contributed by atoms with Crippen molar-refractivity contribution in [2.24, 2.45) is 0 Å². The van der Waals surface area contributed by atoms with Crippen molar-refractivity contribution in [3.05, 3.63) is 53.9 Å². The maximum Gasteiger partial charge on any atom is 0.431 e. The lowest BCUT2D eigenvalue weighted by Gasteiger charge is -2.03. The predicted octanol–water partition coefficient (Wildman–Crippen LogP) is 3.29. The number of alkyl halides is 3. The van der Waals surface area contributed by atoms with Gasteiger partial charge in [0.2, 0.25) is 0 Å². The molecular formula is C12H9F3N2O. The molecule has 2 N–H and O–H groups in total. The summed E-state index contributed by atoms with van der Waals surface area (Å²) in [4.78, 5) is 13.7. The number of para-hydroxylation sites is 1. The molecule has 0 radical (unpaired) electrons. The van der Waals surface area contributed by atoms with Crippen molar-refractivity contribution >= 4 is 11.6 Å². The summed E-state index contributed by atoms with van der Waals surface area (Å²) in [5, 5.41) is 2.50. The highest BCUT2D eigenvalue weighted by molar-refractivity contribution is 6.04. The molecule has 0 atom stereocenters. The Morgan fingerprint density at radius 1 is 1.17 bits per heavy atom. The Labute approximate surface area is 101 Å². The third-order valence-electron chi connectivity index (χ3n) is 2.28. The van der Waals surface area contributed by atoms with Crippen LogP contribution in [0.4, 0.5) is 18.9 Å². The van der Waals surface area contributed by atoms with E-state index in [1.165, 1.54) is 0 Å². The first-order valence-electron chi connectivity index (χ1n) is 5.09. The fourth-order valence-electron chi connectivity index (χ4n) is 1.41. The number of anilines is 1. The molecule has 0 spiro atoms. The minimum atomic E-state index is -4.48. The van der Waals surface area contributed by atoms with Gasteiger partial charge < -0.3 is 10.3 Å². The topological polar surface area (TPSA) is 44.9 Å². The third kappa shape index (κ3) is 2.71. The lowest BCUT2D eigenvalue weighted by atomic mass is 10.2. The van der Waals surface area contributed by atoms with E-state index in [0.717, 1.165) is 12.3 Å². The summed E-state index contributed by atoms with van der Waals surface area (Å²) in [7, 11) is 0. The summed E-state index contributed by atoms with van der Waals surface area (Å²) in [6.07, 6.45) is -3.45. The normalized spacial score (nSPS) is 11.3. The number of halogens is 3. The molecule has 0 fully saturated rings. The van der Waals surface area contributed by atoms with E-state index >= 15 is 0 Å². The van der Waals surface area contributed by atoms with E-state index < -0.39 is 17.8 Å². The van der Waals surface area contributed by atoms with Crippen LogP contribution in [0.1, 0.15) is 16.1 Å². The van der Waals surface area contributed by atoms with E-state index in [0.29, 0.717) is 5.69 Å². The van der Waals surface area contributed by atoms with Crippen molar-refractivity contribution < 1.29 is 18.0 Å². The summed E-state index contributed by atoms with van der Waals surface area (Å²) < 4.78 is 37.0. The number of carbonyl (C=O) groups is 1. The molecule has 0 aliphatic heterocycles. The number of rotatable bonds is 2. The zero-order chi connectivity index (χ0) is 13.2. The lowest BCUT2D eigenvalue weighted by Crippen LogP contribution is -2.11. The van der Waals surface area contributed by atoms with Gasteiger partial charge in [-0.15, -0.1) is 0 Å². The zero-order valence-corrected chi connectivity index (χ0v) is 9.08. The first-order chi connectivity index (χ1) is 8.47. The van der Waals surface area contributed by atoms with Crippen molar-refractivity contribution in [2.45, 2.75) is 6.18 Å². The third-order valence-corrected chi connectivity index (χ3v) is 2.28. The van der Waals surface area contributed by atoms with E-state index in [1.807, 2.05) is 4.98 Å². The molecule has 0 saturated heterocycles. The molecule has 1 aromatic heterocycles. The van der Waals surface area contributed by atoms with Gasteiger partial charge in [0.15, 0.2) is 0 Å². The Morgan fingerprint density at radius 2 is 1.83 bits per heavy atom. The number of aromatic nitrogens is 1. The second-order valence-corrected chi connectivity index (χ2v) is 3.62. The van der Waals surface area contributed by atoms with Crippen LogP contribution in [0.15, 0.2) is 42.6 Å². The first-order valence-corrected chi connectivity index (χ1v) is 5.09. The molecule has 94 valence electrons. The summed E-state index contributed by atoms with van der Waals surface area (Å²) in [6.45, 7) is 0. The number of H-pyrrole nitrogens is 1. The highest BCUT2D eigenvalue weighted by Crippen LogP contribution is 2.28. The van der Waals surface area contributed by atoms with Crippen LogP contribution in [0.5, 0.6) is 0 Å². The number of aromatic amines is 1. The van der Waals surface area contributed by atoms with Gasteiger partial charge >= 0.3 is 6.18 Å². The largest absolute Gasteiger partial charge is 0.431 e. The molecule has 3 nitrogen and oxygen atoms in total. The Kier molecular flexibility index (Phi) is 3.10. The number of benzene rings is 1. The summed E-state index contributed by atoms with van der Waals surface area (Å²) >= 11 is 0. The monoisotopic (exact) mass is 254 g/mol. The number of amides is 1. The number of nitrogens with one attached hydrogen (secondary N) is 2. The van der Waals surface area contributed by atoms with E-state index in [4.69, 9.17) is 0 Å². The molecule has 2 rings (SSSR count). The van der Waals surface area contributed by atoms with Gasteiger partial charge in [-0.1, -0.05) is 18.2 Å². The van der Waals surface area contributed by atoms with Gasteiger partial charge in [-0.3, -0.25) is 4.79 Å². The lowest BCUT2D eigenvalue weighted by molar-refractivity contribution is -0.140. The van der Waals surface area contributed by atoms with Crippen molar-refractivity contribution in [3.8, 4) is 0 Å². The second kappa shape index (κ2) is 4.56. The molecule has 1 heterocycles. The molecular weight excluding hydrogens is 245 g/mol. The summed E-state index contributed by atoms with van der Waals surface area (Å²) in [5.41, 5.74) is -0.482. The molecule has 0 bridgehead atoms. The molecule has 0 aliphatic rings. The average Bonchev–Trinajstić information content (AvgIpc) is 2.79. The Bertz CT molecular complexity index is 546. The van der Waals surface area contributed by atoms with Crippen LogP contribution in [0.25, 0.3) is 0 Å². The molecule has 6 heteroatoms. The van der Waals surface area contributed by atoms with Crippen molar-refractivity contribution in [1.82, 2.24) is 4.98 Å². The minimum Gasteiger partial charge on any atom is -0.357 e. The Balaban J connectivity index is 2.13. The van der Waals surface area contributed by atoms with Gasteiger partial charge in [0, 0.05) is 11.9 Å². The smallest absolute Gasteiger partial charge is 0.357 e. The second-order valence-electron chi connectivity index (χ2n) is 3.62. The number of carbonyl (C=O) groups excluding carboxylic acids is 1. The average molecular weight is 254 g/mol. The molecule has 1 amide bonds. The van der Waals surface area contributed by atoms with Gasteiger partial charge in [-0.05, 0) is 18.2 Å². The maximum atomic E-state index is 12.3. The van der Waals surface area contributed by atoms with Crippen molar-refractivity contribution in [1.29, 1.82) is 0 Å². The van der Waals surface area contributed by atoms with E-state index in [1.54, 1.807) is 30.3 Å². The van der Waals surface area contributed by atoms with Crippen LogP contribution in [0, 0.1) is 0 Å². The Hall–Kier alpha value is -2.24. The molecule has 18 heavy (non-hydrogen) atoms. The predicted molar refractivity (Wildman–Crippen MR) is 60.2 cm³/mol. The number of hydrogen-bond acceptors (Lipinski definition) is 1. The Morgan fingerprint density at radius 3 is 2.39 bits per heavy atom. The highest BCUT2D eigenvalue weighted by atomic mass is 19.4. The van der Waals surface area contributed by atoms with Crippen LogP contribution >= 0.6 is 0 Å². The molecule has 0 aliphatic carbocycles. The van der Waals surface area contributed by atoms with Crippen molar-refractivity contribution in [3.63, 3.8) is 0 Å². The molecule has 0 unspecified atom stereocenters. The van der Waals surface area contributed by atoms with Crippen LogP contribution in [-0.2, 0) is 6.18 Å². The molecule has 0 saturated carbocycles. The minimum absolute atomic E-state index is 0.0637. The van der Waals surface area contributed by atoms with Crippen LogP contribution < -0.4 is 5.32 Å². The maximum absolute atomic E-state index is 12.3. The highest BCUT2D eigenvalue weighted by Gasteiger charge is 2.32. The van der Waals surface area contributed by atoms with Gasteiger partial charge in [-0.25, -0.2) is 0 Å². The summed E-state index contributed by atoms with van der Waals surface area (Å²) in [6, 6.07) is 9.28. The summed E-state index contributed by atoms with van der Waals surface area (Å²) in [5.74, 6) is -0.590. The van der Waals surface area contributed by atoms with Crippen LogP contribution in [-0.4, -0.2) is 10.9 Å². The van der Waals surface area contributed by atoms with Gasteiger partial charge in [0.1, 0.15) is 5.69 Å². The SMILES string of the molecule is O=C(Nc1ccccc1)c1c[nH]c(C(F)(F)F)c1. The van der Waals surface area contributed by atoms with Crippen molar-refractivity contribution in [2.75, 3.05) is 5.32 Å². The quantitative estimate of drug-likeness (QED) is 0.848. The molecule has 2 aromatic rings. The van der Waals surface area contributed by atoms with Gasteiger partial charge in [0.25, 0.3) is 5.91 Å². The van der Waals surface area contributed by atoms with Crippen LogP contribution in [0.2, 0.25) is 0 Å². The van der Waals surface area contributed by atoms with E-state index in [9.17, 15) is 18.0 Å². The first kappa shape index (κ1) is 12.2. The standard InChI is InChI=1S/C12H9F3N2O/c13-12(14,15)10-6-8(7-16-10)11(18)17-9-4-2-1-3-5-9/h1-7,16H,(H,17,18). The fourth-order valence-corrected chi connectivity index (χ4v) is 1.41. The zero-order valence-electron chi connectivity index (χ0n) is 9.08.